The number of nitrogens with one attached hydrogen (secondary N) is 2. The maximum atomic E-state index is 12.3. The summed E-state index contributed by atoms with van der Waals surface area (Å²) in [6, 6.07) is 1.85. The molecule has 1 amide bonds. The number of anilines is 1. The normalized spacial score (nSPS) is 12.8. The van der Waals surface area contributed by atoms with Crippen LogP contribution in [-0.2, 0) is 0 Å². The zero-order valence-electron chi connectivity index (χ0n) is 13.3. The Hall–Kier alpha value is -1.58. The molecule has 1 aromatic rings. The molecule has 4 nitrogen and oxygen atoms in total. The predicted octanol–water partition coefficient (Wildman–Crippen LogP) is 3.32. The van der Waals surface area contributed by atoms with E-state index in [1.807, 2.05) is 6.07 Å². The number of aromatic nitrogens is 1. The van der Waals surface area contributed by atoms with Crippen LogP contribution in [0.5, 0.6) is 0 Å². The number of rotatable bonds is 6. The van der Waals surface area contributed by atoms with Crippen LogP contribution < -0.4 is 10.6 Å². The highest BCUT2D eigenvalue weighted by Gasteiger charge is 2.21. The molecule has 1 unspecified atom stereocenters. The largest absolute Gasteiger partial charge is 0.384 e. The van der Waals surface area contributed by atoms with E-state index in [1.54, 1.807) is 12.4 Å². The van der Waals surface area contributed by atoms with E-state index in [0.717, 1.165) is 18.7 Å². The molecule has 0 aromatic carbocycles. The number of nitrogens with zero attached hydrogens (tertiary/aromatic N) is 1. The second-order valence-electron chi connectivity index (χ2n) is 6.33. The Morgan fingerprint density at radius 2 is 2.10 bits per heavy atom. The Bertz CT molecular complexity index is 438. The molecule has 0 aliphatic heterocycles. The lowest BCUT2D eigenvalue weighted by Crippen LogP contribution is -2.34. The zero-order valence-corrected chi connectivity index (χ0v) is 13.3. The molecular formula is C16H27N3O. The molecule has 0 spiro atoms. The van der Waals surface area contributed by atoms with E-state index in [0.29, 0.717) is 18.0 Å². The van der Waals surface area contributed by atoms with E-state index >= 15 is 0 Å². The summed E-state index contributed by atoms with van der Waals surface area (Å²) in [5.41, 5.74) is 1.65. The maximum Gasteiger partial charge on any atom is 0.254 e. The van der Waals surface area contributed by atoms with Crippen molar-refractivity contribution in [1.82, 2.24) is 10.3 Å². The van der Waals surface area contributed by atoms with Gasteiger partial charge >= 0.3 is 0 Å². The minimum absolute atomic E-state index is 0.0622. The summed E-state index contributed by atoms with van der Waals surface area (Å²) < 4.78 is 0. The lowest BCUT2D eigenvalue weighted by molar-refractivity contribution is 0.0937. The second kappa shape index (κ2) is 7.27. The topological polar surface area (TPSA) is 54.0 Å². The van der Waals surface area contributed by atoms with Gasteiger partial charge in [0.25, 0.3) is 5.91 Å². The Morgan fingerprint density at radius 3 is 2.70 bits per heavy atom. The van der Waals surface area contributed by atoms with Crippen LogP contribution in [0.2, 0.25) is 0 Å². The Balaban J connectivity index is 2.68. The van der Waals surface area contributed by atoms with E-state index in [9.17, 15) is 4.79 Å². The number of carbonyl (C=O) groups excluding carboxylic acids is 1. The minimum atomic E-state index is -0.0622. The quantitative estimate of drug-likeness (QED) is 0.838. The molecule has 0 fully saturated rings. The van der Waals surface area contributed by atoms with Crippen molar-refractivity contribution in [2.75, 3.05) is 18.4 Å². The SMILES string of the molecule is CCCNc1ccncc1C(=O)NCC(C)C(C)(C)C. The van der Waals surface area contributed by atoms with Gasteiger partial charge in [0.2, 0.25) is 0 Å². The molecule has 0 aliphatic rings. The highest BCUT2D eigenvalue weighted by atomic mass is 16.1. The smallest absolute Gasteiger partial charge is 0.254 e. The van der Waals surface area contributed by atoms with Gasteiger partial charge in [0.15, 0.2) is 0 Å². The van der Waals surface area contributed by atoms with Crippen molar-refractivity contribution in [1.29, 1.82) is 0 Å². The fourth-order valence-electron chi connectivity index (χ4n) is 1.64. The van der Waals surface area contributed by atoms with Crippen LogP contribution in [0.4, 0.5) is 5.69 Å². The molecular weight excluding hydrogens is 250 g/mol. The molecule has 0 bridgehead atoms. The van der Waals surface area contributed by atoms with Crippen LogP contribution in [0.1, 0.15) is 51.4 Å². The average Bonchev–Trinajstić information content (AvgIpc) is 2.41. The molecule has 1 rings (SSSR count). The third kappa shape index (κ3) is 4.83. The molecule has 0 radical (unpaired) electrons. The lowest BCUT2D eigenvalue weighted by Gasteiger charge is -2.27. The van der Waals surface area contributed by atoms with Crippen molar-refractivity contribution in [3.05, 3.63) is 24.0 Å². The lowest BCUT2D eigenvalue weighted by atomic mass is 9.82. The third-order valence-corrected chi connectivity index (χ3v) is 3.68. The number of hydrogen-bond donors (Lipinski definition) is 2. The summed E-state index contributed by atoms with van der Waals surface area (Å²) in [5, 5.41) is 6.26. The number of amides is 1. The van der Waals surface area contributed by atoms with Gasteiger partial charge in [-0.25, -0.2) is 0 Å². The monoisotopic (exact) mass is 277 g/mol. The van der Waals surface area contributed by atoms with E-state index < -0.39 is 0 Å². The van der Waals surface area contributed by atoms with E-state index in [4.69, 9.17) is 0 Å². The average molecular weight is 277 g/mol. The summed E-state index contributed by atoms with van der Waals surface area (Å²) >= 11 is 0. The molecule has 0 aliphatic carbocycles. The summed E-state index contributed by atoms with van der Waals surface area (Å²) in [4.78, 5) is 16.3. The van der Waals surface area contributed by atoms with E-state index in [-0.39, 0.29) is 11.3 Å². The van der Waals surface area contributed by atoms with Crippen molar-refractivity contribution in [3.8, 4) is 0 Å². The van der Waals surface area contributed by atoms with Crippen LogP contribution in [-0.4, -0.2) is 24.0 Å². The van der Waals surface area contributed by atoms with Crippen LogP contribution >= 0.6 is 0 Å². The number of hydrogen-bond acceptors (Lipinski definition) is 3. The van der Waals surface area contributed by atoms with Crippen LogP contribution in [0, 0.1) is 11.3 Å². The molecule has 1 atom stereocenters. The van der Waals surface area contributed by atoms with Gasteiger partial charge in [-0.15, -0.1) is 0 Å². The molecule has 0 saturated heterocycles. The van der Waals surface area contributed by atoms with Gasteiger partial charge < -0.3 is 10.6 Å². The standard InChI is InChI=1S/C16H27N3O/c1-6-8-18-14-7-9-17-11-13(14)15(20)19-10-12(2)16(3,4)5/h7,9,11-12H,6,8,10H2,1-5H3,(H,17,18)(H,19,20). The van der Waals surface area contributed by atoms with Crippen molar-refractivity contribution in [2.45, 2.75) is 41.0 Å². The summed E-state index contributed by atoms with van der Waals surface area (Å²) in [6.07, 6.45) is 4.34. The first-order valence-corrected chi connectivity index (χ1v) is 7.32. The number of carbonyl (C=O) groups is 1. The molecule has 4 heteroatoms. The first kappa shape index (κ1) is 16.5. The van der Waals surface area contributed by atoms with E-state index in [1.165, 1.54) is 0 Å². The third-order valence-electron chi connectivity index (χ3n) is 3.68. The minimum Gasteiger partial charge on any atom is -0.384 e. The van der Waals surface area contributed by atoms with Crippen molar-refractivity contribution in [2.24, 2.45) is 11.3 Å². The Morgan fingerprint density at radius 1 is 1.40 bits per heavy atom. The molecule has 20 heavy (non-hydrogen) atoms. The summed E-state index contributed by atoms with van der Waals surface area (Å²) in [6.45, 7) is 12.3. The van der Waals surface area contributed by atoms with Crippen molar-refractivity contribution >= 4 is 11.6 Å². The van der Waals surface area contributed by atoms with Crippen molar-refractivity contribution in [3.63, 3.8) is 0 Å². The van der Waals surface area contributed by atoms with Gasteiger partial charge in [0, 0.05) is 25.5 Å². The van der Waals surface area contributed by atoms with Gasteiger partial charge in [0.1, 0.15) is 0 Å². The van der Waals surface area contributed by atoms with Gasteiger partial charge in [-0.3, -0.25) is 9.78 Å². The Labute approximate surface area is 122 Å². The second-order valence-corrected chi connectivity index (χ2v) is 6.33. The molecule has 112 valence electrons. The first-order valence-electron chi connectivity index (χ1n) is 7.32. The van der Waals surface area contributed by atoms with Crippen LogP contribution in [0.3, 0.4) is 0 Å². The summed E-state index contributed by atoms with van der Waals surface area (Å²) in [7, 11) is 0. The molecule has 1 heterocycles. The summed E-state index contributed by atoms with van der Waals surface area (Å²) in [5.74, 6) is 0.350. The zero-order chi connectivity index (χ0) is 15.2. The fraction of sp³-hybridized carbons (Fsp3) is 0.625. The fourth-order valence-corrected chi connectivity index (χ4v) is 1.64. The molecule has 2 N–H and O–H groups in total. The number of pyridine rings is 1. The maximum absolute atomic E-state index is 12.3. The van der Waals surface area contributed by atoms with Gasteiger partial charge in [0.05, 0.1) is 11.3 Å². The Kier molecular flexibility index (Phi) is 5.99. The predicted molar refractivity (Wildman–Crippen MR) is 84.0 cm³/mol. The first-order chi connectivity index (χ1) is 9.36. The highest BCUT2D eigenvalue weighted by molar-refractivity contribution is 5.99. The van der Waals surface area contributed by atoms with Gasteiger partial charge in [-0.05, 0) is 23.8 Å². The van der Waals surface area contributed by atoms with Crippen LogP contribution in [0.25, 0.3) is 0 Å². The van der Waals surface area contributed by atoms with Gasteiger partial charge in [-0.1, -0.05) is 34.6 Å². The van der Waals surface area contributed by atoms with Crippen molar-refractivity contribution < 1.29 is 4.79 Å². The molecule has 0 saturated carbocycles. The highest BCUT2D eigenvalue weighted by Crippen LogP contribution is 2.24. The molecule has 1 aromatic heterocycles. The van der Waals surface area contributed by atoms with Gasteiger partial charge in [-0.2, -0.15) is 0 Å². The van der Waals surface area contributed by atoms with Crippen LogP contribution in [0.15, 0.2) is 18.5 Å². The van der Waals surface area contributed by atoms with E-state index in [2.05, 4.69) is 50.2 Å².